The summed E-state index contributed by atoms with van der Waals surface area (Å²) < 4.78 is 0. The van der Waals surface area contributed by atoms with E-state index < -0.39 is 0 Å². The van der Waals surface area contributed by atoms with Crippen LogP contribution in [0.3, 0.4) is 0 Å². The van der Waals surface area contributed by atoms with E-state index in [2.05, 4.69) is 60.2 Å². The minimum atomic E-state index is 0.522. The molecule has 3 nitrogen and oxygen atoms in total. The molecule has 21 heavy (non-hydrogen) atoms. The Hall–Kier alpha value is -1.32. The van der Waals surface area contributed by atoms with E-state index >= 15 is 0 Å². The number of rotatable bonds is 4. The third-order valence-electron chi connectivity index (χ3n) is 4.97. The predicted octanol–water partition coefficient (Wildman–Crippen LogP) is 3.47. The molecule has 114 valence electrons. The average molecular weight is 285 g/mol. The summed E-state index contributed by atoms with van der Waals surface area (Å²) in [5.74, 6) is 0.668. The molecule has 0 aliphatic carbocycles. The lowest BCUT2D eigenvalue weighted by molar-refractivity contribution is 0.129. The van der Waals surface area contributed by atoms with Crippen LogP contribution in [-0.4, -0.2) is 36.1 Å². The van der Waals surface area contributed by atoms with Gasteiger partial charge in [0.1, 0.15) is 0 Å². The molecule has 0 spiro atoms. The average Bonchev–Trinajstić information content (AvgIpc) is 2.85. The smallest absolute Gasteiger partial charge is 0.0459 e. The van der Waals surface area contributed by atoms with E-state index in [-0.39, 0.29) is 0 Å². The number of hydrogen-bond donors (Lipinski definition) is 2. The first-order valence-corrected chi connectivity index (χ1v) is 8.24. The molecular weight excluding hydrogens is 258 g/mol. The molecule has 1 aliphatic rings. The predicted molar refractivity (Wildman–Crippen MR) is 89.7 cm³/mol. The Morgan fingerprint density at radius 1 is 1.19 bits per heavy atom. The summed E-state index contributed by atoms with van der Waals surface area (Å²) >= 11 is 0. The summed E-state index contributed by atoms with van der Waals surface area (Å²) in [5.41, 5.74) is 4.12. The molecule has 3 heteroatoms. The van der Waals surface area contributed by atoms with E-state index in [9.17, 15) is 0 Å². The number of nitrogens with zero attached hydrogens (tertiary/aromatic N) is 1. The lowest BCUT2D eigenvalue weighted by atomic mass is 9.89. The number of benzene rings is 1. The van der Waals surface area contributed by atoms with Gasteiger partial charge >= 0.3 is 0 Å². The maximum Gasteiger partial charge on any atom is 0.0459 e. The van der Waals surface area contributed by atoms with Crippen LogP contribution in [0.4, 0.5) is 0 Å². The highest BCUT2D eigenvalue weighted by Crippen LogP contribution is 2.37. The van der Waals surface area contributed by atoms with Gasteiger partial charge in [0.05, 0.1) is 0 Å². The van der Waals surface area contributed by atoms with Gasteiger partial charge in [0.15, 0.2) is 0 Å². The van der Waals surface area contributed by atoms with Crippen molar-refractivity contribution >= 4 is 10.9 Å². The van der Waals surface area contributed by atoms with E-state index in [1.54, 1.807) is 0 Å². The molecule has 1 aromatic carbocycles. The van der Waals surface area contributed by atoms with Crippen LogP contribution in [0.15, 0.2) is 24.3 Å². The van der Waals surface area contributed by atoms with Crippen LogP contribution in [0, 0.1) is 12.8 Å². The molecule has 0 amide bonds. The van der Waals surface area contributed by atoms with Gasteiger partial charge in [0.2, 0.25) is 0 Å². The highest BCUT2D eigenvalue weighted by molar-refractivity contribution is 5.85. The monoisotopic (exact) mass is 285 g/mol. The van der Waals surface area contributed by atoms with E-state index in [1.165, 1.54) is 28.6 Å². The third-order valence-corrected chi connectivity index (χ3v) is 4.97. The number of H-pyrrole nitrogens is 1. The van der Waals surface area contributed by atoms with Crippen molar-refractivity contribution in [2.75, 3.05) is 26.2 Å². The molecule has 1 aliphatic heterocycles. The van der Waals surface area contributed by atoms with Crippen LogP contribution in [0.1, 0.15) is 37.6 Å². The molecular formula is C18H27N3. The number of aromatic nitrogens is 1. The highest BCUT2D eigenvalue weighted by Gasteiger charge is 2.29. The van der Waals surface area contributed by atoms with E-state index in [1.807, 2.05) is 0 Å². The van der Waals surface area contributed by atoms with Gasteiger partial charge in [-0.05, 0) is 24.5 Å². The number of para-hydroxylation sites is 1. The SMILES string of the molecule is CCC(C)[C@H](c1c(C)[nH]c2ccccc12)N1CCNCC1. The number of nitrogens with one attached hydrogen (secondary N) is 2. The topological polar surface area (TPSA) is 31.1 Å². The molecule has 0 radical (unpaired) electrons. The summed E-state index contributed by atoms with van der Waals surface area (Å²) in [4.78, 5) is 6.26. The summed E-state index contributed by atoms with van der Waals surface area (Å²) in [7, 11) is 0. The quantitative estimate of drug-likeness (QED) is 0.901. The van der Waals surface area contributed by atoms with Crippen LogP contribution < -0.4 is 5.32 Å². The second-order valence-electron chi connectivity index (χ2n) is 6.33. The number of piperazine rings is 1. The first kappa shape index (κ1) is 14.6. The fraction of sp³-hybridized carbons (Fsp3) is 0.556. The van der Waals surface area contributed by atoms with Gasteiger partial charge in [-0.15, -0.1) is 0 Å². The van der Waals surface area contributed by atoms with Crippen molar-refractivity contribution in [3.63, 3.8) is 0 Å². The Kier molecular flexibility index (Phi) is 4.32. The van der Waals surface area contributed by atoms with Gasteiger partial charge in [-0.1, -0.05) is 38.5 Å². The van der Waals surface area contributed by atoms with Gasteiger partial charge in [-0.2, -0.15) is 0 Å². The number of aromatic amines is 1. The molecule has 2 N–H and O–H groups in total. The van der Waals surface area contributed by atoms with Crippen molar-refractivity contribution in [3.8, 4) is 0 Å². The van der Waals surface area contributed by atoms with Gasteiger partial charge in [0.25, 0.3) is 0 Å². The van der Waals surface area contributed by atoms with E-state index in [0.29, 0.717) is 12.0 Å². The molecule has 2 atom stereocenters. The Balaban J connectivity index is 2.07. The van der Waals surface area contributed by atoms with Crippen LogP contribution in [0.2, 0.25) is 0 Å². The number of fused-ring (bicyclic) bond motifs is 1. The van der Waals surface area contributed by atoms with Crippen LogP contribution in [0.25, 0.3) is 10.9 Å². The zero-order valence-electron chi connectivity index (χ0n) is 13.4. The van der Waals surface area contributed by atoms with Crippen LogP contribution in [0.5, 0.6) is 0 Å². The minimum absolute atomic E-state index is 0.522. The van der Waals surface area contributed by atoms with Crippen molar-refractivity contribution in [2.24, 2.45) is 5.92 Å². The standard InChI is InChI=1S/C18H27N3/c1-4-13(2)18(21-11-9-19-10-12-21)17-14(3)20-16-8-6-5-7-15(16)17/h5-8,13,18-20H,4,9-12H2,1-3H3/t13?,18-/m1/s1. The molecule has 3 rings (SSSR count). The van der Waals surface area contributed by atoms with Crippen molar-refractivity contribution in [2.45, 2.75) is 33.2 Å². The first-order valence-electron chi connectivity index (χ1n) is 8.24. The van der Waals surface area contributed by atoms with Crippen molar-refractivity contribution in [1.82, 2.24) is 15.2 Å². The van der Waals surface area contributed by atoms with Crippen LogP contribution >= 0.6 is 0 Å². The molecule has 2 heterocycles. The highest BCUT2D eigenvalue weighted by atomic mass is 15.2. The summed E-state index contributed by atoms with van der Waals surface area (Å²) in [6.07, 6.45) is 1.22. The fourth-order valence-corrected chi connectivity index (χ4v) is 3.69. The molecule has 2 aromatic rings. The van der Waals surface area contributed by atoms with Crippen LogP contribution in [-0.2, 0) is 0 Å². The second-order valence-corrected chi connectivity index (χ2v) is 6.33. The molecule has 1 unspecified atom stereocenters. The normalized spacial score (nSPS) is 19.8. The zero-order valence-corrected chi connectivity index (χ0v) is 13.4. The molecule has 1 fully saturated rings. The molecule has 1 aromatic heterocycles. The van der Waals surface area contributed by atoms with Gasteiger partial charge in [0, 0.05) is 48.8 Å². The molecule has 0 saturated carbocycles. The summed E-state index contributed by atoms with van der Waals surface area (Å²) in [6.45, 7) is 11.4. The summed E-state index contributed by atoms with van der Waals surface area (Å²) in [5, 5.41) is 4.88. The largest absolute Gasteiger partial charge is 0.358 e. The Morgan fingerprint density at radius 2 is 1.90 bits per heavy atom. The zero-order chi connectivity index (χ0) is 14.8. The third kappa shape index (κ3) is 2.72. The number of hydrogen-bond acceptors (Lipinski definition) is 2. The Labute approximate surface area is 127 Å². The number of aryl methyl sites for hydroxylation is 1. The van der Waals surface area contributed by atoms with Gasteiger partial charge in [-0.25, -0.2) is 0 Å². The molecule has 0 bridgehead atoms. The van der Waals surface area contributed by atoms with E-state index in [4.69, 9.17) is 0 Å². The van der Waals surface area contributed by atoms with Crippen molar-refractivity contribution < 1.29 is 0 Å². The lowest BCUT2D eigenvalue weighted by Gasteiger charge is -2.38. The van der Waals surface area contributed by atoms with Crippen molar-refractivity contribution in [3.05, 3.63) is 35.5 Å². The maximum absolute atomic E-state index is 3.58. The molecule has 1 saturated heterocycles. The fourth-order valence-electron chi connectivity index (χ4n) is 3.69. The first-order chi connectivity index (χ1) is 10.2. The van der Waals surface area contributed by atoms with Crippen molar-refractivity contribution in [1.29, 1.82) is 0 Å². The second kappa shape index (κ2) is 6.20. The Morgan fingerprint density at radius 3 is 2.62 bits per heavy atom. The van der Waals surface area contributed by atoms with Gasteiger partial charge in [-0.3, -0.25) is 4.90 Å². The van der Waals surface area contributed by atoms with Gasteiger partial charge < -0.3 is 10.3 Å². The lowest BCUT2D eigenvalue weighted by Crippen LogP contribution is -2.46. The Bertz CT molecular complexity index is 596. The van der Waals surface area contributed by atoms with E-state index in [0.717, 1.165) is 26.2 Å². The summed E-state index contributed by atoms with van der Waals surface area (Å²) in [6, 6.07) is 9.26. The maximum atomic E-state index is 3.58. The minimum Gasteiger partial charge on any atom is -0.358 e.